The summed E-state index contributed by atoms with van der Waals surface area (Å²) >= 11 is 3.43. The first-order valence-electron chi connectivity index (χ1n) is 5.21. The van der Waals surface area contributed by atoms with Gasteiger partial charge in [0.2, 0.25) is 0 Å². The van der Waals surface area contributed by atoms with Crippen molar-refractivity contribution in [1.29, 1.82) is 0 Å². The molecule has 2 nitrogen and oxygen atoms in total. The quantitative estimate of drug-likeness (QED) is 0.912. The third-order valence-electron chi connectivity index (χ3n) is 2.84. The third-order valence-corrected chi connectivity index (χ3v) is 3.33. The van der Waals surface area contributed by atoms with Gasteiger partial charge in [0.1, 0.15) is 5.75 Å². The maximum Gasteiger partial charge on any atom is 0.122 e. The van der Waals surface area contributed by atoms with Crippen LogP contribution in [0.3, 0.4) is 0 Å². The van der Waals surface area contributed by atoms with Crippen LogP contribution in [-0.2, 0) is 6.42 Å². The number of rotatable bonds is 4. The molecular formula is C12H15BrO2. The highest BCUT2D eigenvalue weighted by Gasteiger charge is 2.30. The van der Waals surface area contributed by atoms with E-state index < -0.39 is 0 Å². The van der Waals surface area contributed by atoms with Crippen LogP contribution in [-0.4, -0.2) is 18.3 Å². The maximum atomic E-state index is 9.88. The molecule has 0 aliphatic heterocycles. The number of aliphatic hydroxyl groups excluding tert-OH is 1. The van der Waals surface area contributed by atoms with Gasteiger partial charge in [0.25, 0.3) is 0 Å². The van der Waals surface area contributed by atoms with Crippen LogP contribution in [0, 0.1) is 5.92 Å². The highest BCUT2D eigenvalue weighted by atomic mass is 79.9. The first-order chi connectivity index (χ1) is 7.20. The lowest BCUT2D eigenvalue weighted by Crippen LogP contribution is -2.13. The Bertz CT molecular complexity index is 347. The zero-order chi connectivity index (χ0) is 10.8. The van der Waals surface area contributed by atoms with Crippen molar-refractivity contribution >= 4 is 15.9 Å². The fourth-order valence-corrected chi connectivity index (χ4v) is 2.19. The lowest BCUT2D eigenvalue weighted by Gasteiger charge is -2.13. The lowest BCUT2D eigenvalue weighted by atomic mass is 10.0. The first kappa shape index (κ1) is 11.0. The van der Waals surface area contributed by atoms with Gasteiger partial charge in [-0.15, -0.1) is 0 Å². The van der Waals surface area contributed by atoms with Crippen LogP contribution in [0.5, 0.6) is 5.75 Å². The molecule has 1 aromatic carbocycles. The van der Waals surface area contributed by atoms with Crippen LogP contribution in [0.4, 0.5) is 0 Å². The Hall–Kier alpha value is -0.540. The highest BCUT2D eigenvalue weighted by Crippen LogP contribution is 2.35. The minimum atomic E-state index is -0.215. The number of ether oxygens (including phenoxy) is 1. The molecule has 0 amide bonds. The van der Waals surface area contributed by atoms with E-state index in [9.17, 15) is 5.11 Å². The minimum Gasteiger partial charge on any atom is -0.496 e. The molecule has 0 saturated heterocycles. The van der Waals surface area contributed by atoms with Crippen LogP contribution in [0.1, 0.15) is 18.4 Å². The smallest absolute Gasteiger partial charge is 0.122 e. The summed E-state index contributed by atoms with van der Waals surface area (Å²) in [5, 5.41) is 9.88. The van der Waals surface area contributed by atoms with Gasteiger partial charge in [0.15, 0.2) is 0 Å². The topological polar surface area (TPSA) is 29.5 Å². The van der Waals surface area contributed by atoms with Crippen molar-refractivity contribution in [2.45, 2.75) is 25.4 Å². The molecule has 0 bridgehead atoms. The molecule has 1 atom stereocenters. The zero-order valence-electron chi connectivity index (χ0n) is 8.74. The van der Waals surface area contributed by atoms with Gasteiger partial charge < -0.3 is 9.84 Å². The molecule has 1 N–H and O–H groups in total. The van der Waals surface area contributed by atoms with Crippen LogP contribution in [0.25, 0.3) is 0 Å². The molecule has 0 aromatic heterocycles. The second-order valence-corrected chi connectivity index (χ2v) is 4.98. The van der Waals surface area contributed by atoms with Gasteiger partial charge in [0.05, 0.1) is 13.2 Å². The van der Waals surface area contributed by atoms with Crippen molar-refractivity contribution in [3.05, 3.63) is 28.2 Å². The molecular weight excluding hydrogens is 256 g/mol. The monoisotopic (exact) mass is 270 g/mol. The van der Waals surface area contributed by atoms with E-state index in [0.717, 1.165) is 28.6 Å². The van der Waals surface area contributed by atoms with Gasteiger partial charge >= 0.3 is 0 Å². The Morgan fingerprint density at radius 3 is 2.87 bits per heavy atom. The summed E-state index contributed by atoms with van der Waals surface area (Å²) in [5.74, 6) is 1.37. The summed E-state index contributed by atoms with van der Waals surface area (Å²) in [7, 11) is 1.66. The molecule has 2 rings (SSSR count). The van der Waals surface area contributed by atoms with E-state index in [1.165, 1.54) is 0 Å². The van der Waals surface area contributed by atoms with Gasteiger partial charge in [-0.3, -0.25) is 0 Å². The summed E-state index contributed by atoms with van der Waals surface area (Å²) in [4.78, 5) is 0. The number of hydrogen-bond donors (Lipinski definition) is 1. The molecule has 0 heterocycles. The van der Waals surface area contributed by atoms with E-state index in [-0.39, 0.29) is 6.10 Å². The molecule has 1 unspecified atom stereocenters. The molecule has 1 aliphatic carbocycles. The molecule has 1 saturated carbocycles. The van der Waals surface area contributed by atoms with Gasteiger partial charge in [0, 0.05) is 10.9 Å². The Morgan fingerprint density at radius 1 is 1.53 bits per heavy atom. The van der Waals surface area contributed by atoms with Crippen molar-refractivity contribution in [3.63, 3.8) is 0 Å². The Morgan fingerprint density at radius 2 is 2.27 bits per heavy atom. The van der Waals surface area contributed by atoms with Crippen LogP contribution in [0.2, 0.25) is 0 Å². The van der Waals surface area contributed by atoms with Gasteiger partial charge in [-0.1, -0.05) is 15.9 Å². The summed E-state index contributed by atoms with van der Waals surface area (Å²) in [5.41, 5.74) is 1.08. The molecule has 3 heteroatoms. The van der Waals surface area contributed by atoms with E-state index in [1.807, 2.05) is 18.2 Å². The SMILES string of the molecule is COc1ccc(Br)cc1CC(O)C1CC1. The number of halogens is 1. The lowest BCUT2D eigenvalue weighted by molar-refractivity contribution is 0.150. The summed E-state index contributed by atoms with van der Waals surface area (Å²) in [6.07, 6.45) is 2.80. The van der Waals surface area contributed by atoms with Gasteiger partial charge in [-0.25, -0.2) is 0 Å². The van der Waals surface area contributed by atoms with E-state index >= 15 is 0 Å². The van der Waals surface area contributed by atoms with Gasteiger partial charge in [-0.2, -0.15) is 0 Å². The minimum absolute atomic E-state index is 0.215. The Kier molecular flexibility index (Phi) is 3.32. The fourth-order valence-electron chi connectivity index (χ4n) is 1.78. The molecule has 15 heavy (non-hydrogen) atoms. The predicted molar refractivity (Wildman–Crippen MR) is 63.1 cm³/mol. The van der Waals surface area contributed by atoms with E-state index in [2.05, 4.69) is 15.9 Å². The Balaban J connectivity index is 2.13. The van der Waals surface area contributed by atoms with Crippen LogP contribution < -0.4 is 4.74 Å². The largest absolute Gasteiger partial charge is 0.496 e. The fraction of sp³-hybridized carbons (Fsp3) is 0.500. The maximum absolute atomic E-state index is 9.88. The second-order valence-electron chi connectivity index (χ2n) is 4.07. The normalized spacial score (nSPS) is 17.5. The Labute approximate surface area is 98.4 Å². The van der Waals surface area contributed by atoms with Crippen molar-refractivity contribution in [2.24, 2.45) is 5.92 Å². The average molecular weight is 271 g/mol. The molecule has 82 valence electrons. The predicted octanol–water partition coefficient (Wildman–Crippen LogP) is 2.77. The first-order valence-corrected chi connectivity index (χ1v) is 6.00. The number of hydrogen-bond acceptors (Lipinski definition) is 2. The molecule has 1 aliphatic rings. The standard InChI is InChI=1S/C12H15BrO2/c1-15-12-5-4-10(13)6-9(12)7-11(14)8-2-3-8/h4-6,8,11,14H,2-3,7H2,1H3. The van der Waals surface area contributed by atoms with Crippen LogP contribution >= 0.6 is 15.9 Å². The average Bonchev–Trinajstić information content (AvgIpc) is 3.01. The second kappa shape index (κ2) is 4.54. The molecule has 0 spiro atoms. The van der Waals surface area contributed by atoms with E-state index in [0.29, 0.717) is 12.3 Å². The van der Waals surface area contributed by atoms with Crippen LogP contribution in [0.15, 0.2) is 22.7 Å². The molecule has 0 radical (unpaired) electrons. The van der Waals surface area contributed by atoms with Crippen molar-refractivity contribution < 1.29 is 9.84 Å². The third kappa shape index (κ3) is 2.73. The van der Waals surface area contributed by atoms with Crippen molar-refractivity contribution in [2.75, 3.05) is 7.11 Å². The summed E-state index contributed by atoms with van der Waals surface area (Å²) in [6.45, 7) is 0. The zero-order valence-corrected chi connectivity index (χ0v) is 10.3. The van der Waals surface area contributed by atoms with Crippen molar-refractivity contribution in [1.82, 2.24) is 0 Å². The van der Waals surface area contributed by atoms with E-state index in [4.69, 9.17) is 4.74 Å². The molecule has 1 fully saturated rings. The van der Waals surface area contributed by atoms with E-state index in [1.54, 1.807) is 7.11 Å². The number of benzene rings is 1. The summed E-state index contributed by atoms with van der Waals surface area (Å²) < 4.78 is 6.30. The number of aliphatic hydroxyl groups is 1. The number of methoxy groups -OCH3 is 1. The molecule has 1 aromatic rings. The highest BCUT2D eigenvalue weighted by molar-refractivity contribution is 9.10. The van der Waals surface area contributed by atoms with Gasteiger partial charge in [-0.05, 0) is 42.5 Å². The van der Waals surface area contributed by atoms with Crippen molar-refractivity contribution in [3.8, 4) is 5.75 Å². The summed E-state index contributed by atoms with van der Waals surface area (Å²) in [6, 6.07) is 5.90.